The SMILES string of the molecule is CCc1cc(C(=O)N2CCCC2C(N)=S)n(C)n1. The Hall–Kier alpha value is -1.43. The minimum absolute atomic E-state index is 0.0278. The number of hydrogen-bond donors (Lipinski definition) is 1. The van der Waals surface area contributed by atoms with Gasteiger partial charge in [0.25, 0.3) is 5.91 Å². The molecule has 1 unspecified atom stereocenters. The summed E-state index contributed by atoms with van der Waals surface area (Å²) in [4.78, 5) is 14.6. The molecule has 0 spiro atoms. The first-order chi connectivity index (χ1) is 8.54. The Morgan fingerprint density at radius 2 is 2.39 bits per heavy atom. The Labute approximate surface area is 112 Å². The molecule has 1 aliphatic rings. The zero-order valence-corrected chi connectivity index (χ0v) is 11.5. The maximum Gasteiger partial charge on any atom is 0.272 e. The van der Waals surface area contributed by atoms with Gasteiger partial charge < -0.3 is 10.6 Å². The molecule has 2 heterocycles. The highest BCUT2D eigenvalue weighted by molar-refractivity contribution is 7.80. The predicted molar refractivity (Wildman–Crippen MR) is 73.4 cm³/mol. The number of nitrogens with zero attached hydrogens (tertiary/aromatic N) is 3. The zero-order valence-electron chi connectivity index (χ0n) is 10.7. The van der Waals surface area contributed by atoms with Gasteiger partial charge in [-0.2, -0.15) is 5.10 Å². The number of likely N-dealkylation sites (tertiary alicyclic amines) is 1. The van der Waals surface area contributed by atoms with Crippen molar-refractivity contribution in [1.29, 1.82) is 0 Å². The van der Waals surface area contributed by atoms with Crippen LogP contribution in [0.1, 0.15) is 35.9 Å². The lowest BCUT2D eigenvalue weighted by atomic mass is 10.2. The summed E-state index contributed by atoms with van der Waals surface area (Å²) in [6.07, 6.45) is 2.63. The van der Waals surface area contributed by atoms with Gasteiger partial charge in [-0.25, -0.2) is 0 Å². The number of thiocarbonyl (C=S) groups is 1. The minimum Gasteiger partial charge on any atom is -0.392 e. The molecule has 0 bridgehead atoms. The van der Waals surface area contributed by atoms with Crippen LogP contribution in [-0.4, -0.2) is 38.2 Å². The lowest BCUT2D eigenvalue weighted by molar-refractivity contribution is 0.0759. The second-order valence-electron chi connectivity index (χ2n) is 4.56. The molecule has 1 saturated heterocycles. The van der Waals surface area contributed by atoms with Crippen LogP contribution in [0.2, 0.25) is 0 Å². The van der Waals surface area contributed by atoms with Crippen LogP contribution in [0.25, 0.3) is 0 Å². The number of hydrogen-bond acceptors (Lipinski definition) is 3. The molecule has 0 aliphatic carbocycles. The van der Waals surface area contributed by atoms with E-state index in [0.29, 0.717) is 17.2 Å². The van der Waals surface area contributed by atoms with E-state index < -0.39 is 0 Å². The Morgan fingerprint density at radius 3 is 2.94 bits per heavy atom. The summed E-state index contributed by atoms with van der Waals surface area (Å²) in [6.45, 7) is 2.73. The first-order valence-corrected chi connectivity index (χ1v) is 6.58. The third kappa shape index (κ3) is 2.25. The van der Waals surface area contributed by atoms with Crippen LogP contribution in [0.15, 0.2) is 6.07 Å². The number of amides is 1. The zero-order chi connectivity index (χ0) is 13.3. The molecule has 1 aliphatic heterocycles. The number of aryl methyl sites for hydroxylation is 2. The summed E-state index contributed by atoms with van der Waals surface area (Å²) >= 11 is 5.02. The summed E-state index contributed by atoms with van der Waals surface area (Å²) in [5.41, 5.74) is 7.22. The van der Waals surface area contributed by atoms with Gasteiger partial charge in [0.1, 0.15) is 5.69 Å². The van der Waals surface area contributed by atoms with Crippen LogP contribution < -0.4 is 5.73 Å². The Bertz CT molecular complexity index is 482. The molecule has 2 N–H and O–H groups in total. The van der Waals surface area contributed by atoms with Crippen LogP contribution >= 0.6 is 12.2 Å². The number of carbonyl (C=O) groups excluding carboxylic acids is 1. The Balaban J connectivity index is 2.25. The van der Waals surface area contributed by atoms with Gasteiger partial charge in [0.15, 0.2) is 0 Å². The van der Waals surface area contributed by atoms with Crippen LogP contribution in [0.5, 0.6) is 0 Å². The monoisotopic (exact) mass is 266 g/mol. The van der Waals surface area contributed by atoms with E-state index in [1.807, 2.05) is 13.0 Å². The highest BCUT2D eigenvalue weighted by Gasteiger charge is 2.32. The maximum absolute atomic E-state index is 12.5. The number of carbonyl (C=O) groups is 1. The van der Waals surface area contributed by atoms with Crippen molar-refractivity contribution < 1.29 is 4.79 Å². The summed E-state index contributed by atoms with van der Waals surface area (Å²) in [6, 6.07) is 1.74. The molecular weight excluding hydrogens is 248 g/mol. The lowest BCUT2D eigenvalue weighted by Crippen LogP contribution is -2.43. The molecule has 1 amide bonds. The van der Waals surface area contributed by atoms with Crippen LogP contribution in [-0.2, 0) is 13.5 Å². The van der Waals surface area contributed by atoms with Crippen molar-refractivity contribution in [1.82, 2.24) is 14.7 Å². The van der Waals surface area contributed by atoms with Crippen molar-refractivity contribution in [2.24, 2.45) is 12.8 Å². The molecule has 2 rings (SSSR count). The third-order valence-electron chi connectivity index (χ3n) is 3.35. The van der Waals surface area contributed by atoms with Crippen molar-refractivity contribution in [3.8, 4) is 0 Å². The molecule has 6 heteroatoms. The van der Waals surface area contributed by atoms with E-state index in [1.165, 1.54) is 0 Å². The van der Waals surface area contributed by atoms with Crippen molar-refractivity contribution in [2.75, 3.05) is 6.54 Å². The fraction of sp³-hybridized carbons (Fsp3) is 0.583. The van der Waals surface area contributed by atoms with Crippen molar-refractivity contribution >= 4 is 23.1 Å². The van der Waals surface area contributed by atoms with E-state index in [-0.39, 0.29) is 11.9 Å². The van der Waals surface area contributed by atoms with E-state index in [2.05, 4.69) is 5.10 Å². The fourth-order valence-corrected chi connectivity index (χ4v) is 2.60. The van der Waals surface area contributed by atoms with E-state index >= 15 is 0 Å². The van der Waals surface area contributed by atoms with Crippen LogP contribution in [0.3, 0.4) is 0 Å². The van der Waals surface area contributed by atoms with Crippen molar-refractivity contribution in [2.45, 2.75) is 32.2 Å². The number of aromatic nitrogens is 2. The first kappa shape index (κ1) is 13.0. The standard InChI is InChI=1S/C12H18N4OS/c1-3-8-7-10(15(2)14-8)12(17)16-6-4-5-9(16)11(13)18/h7,9H,3-6H2,1-2H3,(H2,13,18). The molecule has 1 aromatic heterocycles. The van der Waals surface area contributed by atoms with E-state index in [1.54, 1.807) is 16.6 Å². The molecule has 18 heavy (non-hydrogen) atoms. The fourth-order valence-electron chi connectivity index (χ4n) is 2.35. The first-order valence-electron chi connectivity index (χ1n) is 6.17. The average molecular weight is 266 g/mol. The molecule has 0 radical (unpaired) electrons. The smallest absolute Gasteiger partial charge is 0.272 e. The quantitative estimate of drug-likeness (QED) is 0.825. The normalized spacial score (nSPS) is 19.2. The molecule has 1 atom stereocenters. The maximum atomic E-state index is 12.5. The van der Waals surface area contributed by atoms with Gasteiger partial charge in [0.2, 0.25) is 0 Å². The van der Waals surface area contributed by atoms with Gasteiger partial charge in [0, 0.05) is 13.6 Å². The van der Waals surface area contributed by atoms with Gasteiger partial charge in [-0.1, -0.05) is 19.1 Å². The lowest BCUT2D eigenvalue weighted by Gasteiger charge is -2.23. The molecular formula is C12H18N4OS. The van der Waals surface area contributed by atoms with Crippen molar-refractivity contribution in [3.05, 3.63) is 17.5 Å². The predicted octanol–water partition coefficient (Wildman–Crippen LogP) is 0.873. The van der Waals surface area contributed by atoms with Gasteiger partial charge >= 0.3 is 0 Å². The third-order valence-corrected chi connectivity index (χ3v) is 3.63. The summed E-state index contributed by atoms with van der Waals surface area (Å²) in [5.74, 6) is -0.0278. The highest BCUT2D eigenvalue weighted by Crippen LogP contribution is 2.20. The van der Waals surface area contributed by atoms with Gasteiger partial charge in [-0.15, -0.1) is 0 Å². The summed E-state index contributed by atoms with van der Waals surface area (Å²) in [7, 11) is 1.79. The Morgan fingerprint density at radius 1 is 1.67 bits per heavy atom. The van der Waals surface area contributed by atoms with E-state index in [9.17, 15) is 4.79 Å². The van der Waals surface area contributed by atoms with Gasteiger partial charge in [0.05, 0.1) is 16.7 Å². The van der Waals surface area contributed by atoms with Crippen LogP contribution in [0, 0.1) is 0 Å². The summed E-state index contributed by atoms with van der Waals surface area (Å²) < 4.78 is 1.64. The molecule has 1 aromatic rings. The largest absolute Gasteiger partial charge is 0.392 e. The van der Waals surface area contributed by atoms with Gasteiger partial charge in [-0.05, 0) is 25.3 Å². The summed E-state index contributed by atoms with van der Waals surface area (Å²) in [5, 5.41) is 4.30. The topological polar surface area (TPSA) is 64.2 Å². The minimum atomic E-state index is -0.104. The molecule has 98 valence electrons. The molecule has 1 fully saturated rings. The molecule has 0 aromatic carbocycles. The number of rotatable bonds is 3. The average Bonchev–Trinajstić information content (AvgIpc) is 2.94. The second kappa shape index (κ2) is 5.06. The van der Waals surface area contributed by atoms with E-state index in [0.717, 1.165) is 25.0 Å². The van der Waals surface area contributed by atoms with Gasteiger partial charge in [-0.3, -0.25) is 9.48 Å². The number of nitrogens with two attached hydrogens (primary N) is 1. The Kier molecular flexibility index (Phi) is 3.65. The van der Waals surface area contributed by atoms with Crippen molar-refractivity contribution in [3.63, 3.8) is 0 Å². The second-order valence-corrected chi connectivity index (χ2v) is 5.03. The highest BCUT2D eigenvalue weighted by atomic mass is 32.1. The molecule has 0 saturated carbocycles. The molecule has 5 nitrogen and oxygen atoms in total. The van der Waals surface area contributed by atoms with Crippen LogP contribution in [0.4, 0.5) is 0 Å². The van der Waals surface area contributed by atoms with E-state index in [4.69, 9.17) is 18.0 Å².